The second kappa shape index (κ2) is 28.0. The van der Waals surface area contributed by atoms with E-state index in [4.69, 9.17) is 37.6 Å². The van der Waals surface area contributed by atoms with Crippen LogP contribution in [0.4, 0.5) is 0 Å². The van der Waals surface area contributed by atoms with Crippen molar-refractivity contribution in [1.29, 1.82) is 0 Å². The normalized spacial score (nSPS) is 12.6. The minimum atomic E-state index is 0.898. The summed E-state index contributed by atoms with van der Waals surface area (Å²) in [6.07, 6.45) is 0. The molecule has 0 unspecified atom stereocenters. The number of pyridine rings is 4. The molecule has 0 saturated heterocycles. The number of benzene rings is 20. The van der Waals surface area contributed by atoms with Crippen LogP contribution in [0.1, 0.15) is 0 Å². The van der Waals surface area contributed by atoms with Crippen LogP contribution in [0.25, 0.3) is 322 Å². The van der Waals surface area contributed by atoms with E-state index in [1.165, 1.54) is 146 Å². The second-order valence-corrected chi connectivity index (χ2v) is 40.9. The highest BCUT2D eigenvalue weighted by atomic mass is 32.1. The highest BCUT2D eigenvalue weighted by molar-refractivity contribution is 7.28. The van der Waals surface area contributed by atoms with Gasteiger partial charge in [0.05, 0.1) is 66.2 Å². The van der Waals surface area contributed by atoms with Gasteiger partial charge in [0.15, 0.2) is 0 Å². The smallest absolute Gasteiger partial charge is 0.147 e. The first-order valence-corrected chi connectivity index (χ1v) is 50.2. The van der Waals surface area contributed by atoms with Gasteiger partial charge in [0.25, 0.3) is 0 Å². The number of furan rings is 4. The fraction of sp³-hybridized carbons (Fsp3) is 0. The SMILES string of the molecule is c1ccc2c(c1)nc1c3c(ccc4oc5ccccc5c43)c3c4c(ccc3n21)sc1ccccc14.c1ccc2c(c1)nc1c3c(ccc4oc5ccccc5c43)c3c4sc5ccccc5c4ccc3n21.c1ccc2c(c1)nc1c3cc4c(cc3c3c5c(ccc3n21)sc1ccccc15)oc1ccccc14.c1ccc2c(c1)nc1c3cc4c(cc3c3c5sc6ccccc6c5ccc3n21)oc1ccccc14. The standard InChI is InChI=1S/4C31H16N2OS/c1-5-11-24-19(8-1)28-25(34-24)16-14-20-27-23(15-13-18-17-7-2-6-12-26(17)35-30(18)27)33-22-10-4-3-9-21(22)32-31(33)29(20)28;1-5-11-23-17(7-1)28-24(34-23)15-13-19-27-22(14-16-26-29(27)18-8-2-6-12-25(18)35-26)33-21-10-4-3-9-20(21)32-31(33)30(19)28;1-5-11-25-17(7-1)19-15-21-20(16-26(19)34-25)29-24(33-23-10-4-3-9-22(23)32-31(21)33)13-14-28-30(29)18-8-2-6-12-27(18)35-28;1-5-11-26-17(7-1)20-15-22-21(16-27(20)34-26)29-25(33-24-10-4-3-9-23(24)32-31(22)33)14-13-19-18-8-2-6-12-28(18)35-30(19)29/h4*1-16H. The van der Waals surface area contributed by atoms with Crippen molar-refractivity contribution in [2.45, 2.75) is 0 Å². The Morgan fingerprint density at radius 2 is 0.450 bits per heavy atom. The predicted molar refractivity (Wildman–Crippen MR) is 592 cm³/mol. The Morgan fingerprint density at radius 3 is 0.886 bits per heavy atom. The van der Waals surface area contributed by atoms with Crippen LogP contribution in [-0.4, -0.2) is 37.5 Å². The molecule has 0 fully saturated rings. The lowest BCUT2D eigenvalue weighted by atomic mass is 9.98. The van der Waals surface area contributed by atoms with Crippen LogP contribution < -0.4 is 0 Å². The largest absolute Gasteiger partial charge is 0.456 e. The molecule has 648 valence electrons. The van der Waals surface area contributed by atoms with Crippen LogP contribution in [0.15, 0.2) is 406 Å². The van der Waals surface area contributed by atoms with Crippen molar-refractivity contribution in [2.24, 2.45) is 0 Å². The molecule has 0 aliphatic carbocycles. The third-order valence-corrected chi connectivity index (χ3v) is 34.1. The van der Waals surface area contributed by atoms with Crippen molar-refractivity contribution in [3.8, 4) is 0 Å². The fourth-order valence-electron chi connectivity index (χ4n) is 23.6. The Labute approximate surface area is 804 Å². The summed E-state index contributed by atoms with van der Waals surface area (Å²) in [5, 5.41) is 34.0. The van der Waals surface area contributed by atoms with E-state index in [0.29, 0.717) is 0 Å². The van der Waals surface area contributed by atoms with Gasteiger partial charge in [0.2, 0.25) is 0 Å². The summed E-state index contributed by atoms with van der Waals surface area (Å²) in [7, 11) is 0. The maximum Gasteiger partial charge on any atom is 0.147 e. The Hall–Kier alpha value is -17.6. The topological polar surface area (TPSA) is 122 Å². The molecule has 12 nitrogen and oxygen atoms in total. The van der Waals surface area contributed by atoms with Gasteiger partial charge in [-0.3, -0.25) is 17.6 Å². The molecular formula is C124H64N8O4S4. The molecule has 0 bridgehead atoms. The molecule has 36 rings (SSSR count). The summed E-state index contributed by atoms with van der Waals surface area (Å²) in [6, 6.07) is 138. The molecule has 20 aromatic carbocycles. The van der Waals surface area contributed by atoms with E-state index in [9.17, 15) is 0 Å². The third-order valence-electron chi connectivity index (χ3n) is 29.4. The van der Waals surface area contributed by atoms with Gasteiger partial charge in [-0.2, -0.15) is 0 Å². The quantitative estimate of drug-likeness (QED) is 0.138. The van der Waals surface area contributed by atoms with Crippen LogP contribution in [0.2, 0.25) is 0 Å². The lowest BCUT2D eigenvalue weighted by molar-refractivity contribution is 0.669. The van der Waals surface area contributed by atoms with E-state index in [1.54, 1.807) is 0 Å². The number of rotatable bonds is 0. The first kappa shape index (κ1) is 75.6. The maximum absolute atomic E-state index is 6.34. The van der Waals surface area contributed by atoms with E-state index in [2.05, 4.69) is 357 Å². The Bertz CT molecular complexity index is 12000. The Morgan fingerprint density at radius 1 is 0.150 bits per heavy atom. The van der Waals surface area contributed by atoms with E-state index >= 15 is 0 Å². The monoisotopic (exact) mass is 1860 g/mol. The van der Waals surface area contributed by atoms with Crippen LogP contribution >= 0.6 is 45.3 Å². The molecule has 0 aliphatic rings. The van der Waals surface area contributed by atoms with Gasteiger partial charge in [0.1, 0.15) is 67.3 Å². The van der Waals surface area contributed by atoms with Gasteiger partial charge >= 0.3 is 0 Å². The molecule has 16 heterocycles. The molecule has 140 heavy (non-hydrogen) atoms. The molecule has 0 saturated carbocycles. The van der Waals surface area contributed by atoms with Crippen molar-refractivity contribution in [3.05, 3.63) is 388 Å². The number of fused-ring (bicyclic) bond motifs is 62. The van der Waals surface area contributed by atoms with Crippen LogP contribution in [0, 0.1) is 0 Å². The minimum absolute atomic E-state index is 0.898. The lowest BCUT2D eigenvalue weighted by Crippen LogP contribution is -1.92. The number of para-hydroxylation sites is 12. The van der Waals surface area contributed by atoms with Gasteiger partial charge in [-0.25, -0.2) is 19.9 Å². The molecule has 16 aromatic heterocycles. The summed E-state index contributed by atoms with van der Waals surface area (Å²) in [5.74, 6) is 0. The molecular weight excluding hydrogens is 1790 g/mol. The summed E-state index contributed by atoms with van der Waals surface area (Å²) in [6.45, 7) is 0. The Kier molecular flexibility index (Phi) is 15.2. The van der Waals surface area contributed by atoms with Crippen LogP contribution in [0.5, 0.6) is 0 Å². The van der Waals surface area contributed by atoms with Gasteiger partial charge < -0.3 is 17.7 Å². The lowest BCUT2D eigenvalue weighted by Gasteiger charge is -2.11. The zero-order chi connectivity index (χ0) is 90.7. The molecule has 0 amide bonds. The minimum Gasteiger partial charge on any atom is -0.456 e. The zero-order valence-corrected chi connectivity index (χ0v) is 77.1. The molecule has 0 radical (unpaired) electrons. The zero-order valence-electron chi connectivity index (χ0n) is 73.8. The molecule has 0 atom stereocenters. The Balaban J connectivity index is 0.0000000829. The average molecular weight is 1860 g/mol. The average Bonchev–Trinajstić information content (AvgIpc) is 1.53. The summed E-state index contributed by atoms with van der Waals surface area (Å²) < 4.78 is 45.1. The number of thiophene rings is 4. The summed E-state index contributed by atoms with van der Waals surface area (Å²) >= 11 is 7.46. The number of imidazole rings is 4. The number of nitrogens with zero attached hydrogens (tertiary/aromatic N) is 8. The number of aromatic nitrogens is 8. The second-order valence-electron chi connectivity index (χ2n) is 36.7. The van der Waals surface area contributed by atoms with Crippen molar-refractivity contribution in [2.75, 3.05) is 0 Å². The summed E-state index contributed by atoms with van der Waals surface area (Å²) in [4.78, 5) is 20.6. The van der Waals surface area contributed by atoms with Crippen LogP contribution in [-0.2, 0) is 0 Å². The fourth-order valence-corrected chi connectivity index (χ4v) is 28.3. The first-order valence-electron chi connectivity index (χ1n) is 46.9. The predicted octanol–water partition coefficient (Wildman–Crippen LogP) is 36.2. The van der Waals surface area contributed by atoms with Gasteiger partial charge in [-0.15, -0.1) is 45.3 Å². The van der Waals surface area contributed by atoms with Crippen LogP contribution in [0.3, 0.4) is 0 Å². The van der Waals surface area contributed by atoms with Crippen molar-refractivity contribution in [1.82, 2.24) is 37.5 Å². The number of hydrogen-bond donors (Lipinski definition) is 0. The number of hydrogen-bond acceptors (Lipinski definition) is 12. The molecule has 0 spiro atoms. The first-order chi connectivity index (χ1) is 69.4. The van der Waals surface area contributed by atoms with E-state index in [-0.39, 0.29) is 0 Å². The van der Waals surface area contributed by atoms with Gasteiger partial charge in [0, 0.05) is 167 Å². The van der Waals surface area contributed by atoms with E-state index in [1.807, 2.05) is 93.9 Å². The van der Waals surface area contributed by atoms with Crippen molar-refractivity contribution >= 4 is 367 Å². The molecule has 36 aromatic rings. The van der Waals surface area contributed by atoms with Crippen molar-refractivity contribution < 1.29 is 17.7 Å². The molecule has 0 N–H and O–H groups in total. The van der Waals surface area contributed by atoms with Gasteiger partial charge in [-0.1, -0.05) is 206 Å². The van der Waals surface area contributed by atoms with Crippen molar-refractivity contribution in [3.63, 3.8) is 0 Å². The molecule has 0 aliphatic heterocycles. The third kappa shape index (κ3) is 10.3. The van der Waals surface area contributed by atoms with E-state index in [0.717, 1.165) is 176 Å². The highest BCUT2D eigenvalue weighted by Crippen LogP contribution is 2.53. The highest BCUT2D eigenvalue weighted by Gasteiger charge is 2.29. The van der Waals surface area contributed by atoms with Gasteiger partial charge in [-0.05, 0) is 204 Å². The van der Waals surface area contributed by atoms with E-state index < -0.39 is 0 Å². The summed E-state index contributed by atoms with van der Waals surface area (Å²) in [5.41, 5.74) is 24.4. The molecule has 16 heteroatoms. The maximum atomic E-state index is 6.34.